The normalized spacial score (nSPS) is 15.6. The Kier molecular flexibility index (Phi) is 4.64. The Balaban J connectivity index is 2.10. The van der Waals surface area contributed by atoms with Crippen LogP contribution in [0.5, 0.6) is 0 Å². The standard InChI is InChI=1S/C12H16N2O5S2/c1-13(8-10(15)14-6-2-3-7-14)21(18,19)11-5-4-9(20-11)12(16)17/h4-5H,2-3,6-8H2,1H3,(H,16,17). The van der Waals surface area contributed by atoms with Crippen molar-refractivity contribution in [2.75, 3.05) is 26.7 Å². The van der Waals surface area contributed by atoms with Gasteiger partial charge in [0.2, 0.25) is 5.91 Å². The number of carboxylic acid groups (broad SMARTS) is 1. The summed E-state index contributed by atoms with van der Waals surface area (Å²) in [6, 6.07) is 2.50. The van der Waals surface area contributed by atoms with Gasteiger partial charge in [0.1, 0.15) is 9.09 Å². The Bertz CT molecular complexity index is 646. The van der Waals surface area contributed by atoms with E-state index in [-0.39, 0.29) is 21.5 Å². The van der Waals surface area contributed by atoms with E-state index in [9.17, 15) is 18.0 Å². The van der Waals surface area contributed by atoms with Gasteiger partial charge in [-0.1, -0.05) is 0 Å². The number of aromatic carboxylic acids is 1. The van der Waals surface area contributed by atoms with Crippen LogP contribution in [-0.2, 0) is 14.8 Å². The molecule has 0 aliphatic carbocycles. The predicted octanol–water partition coefficient (Wildman–Crippen LogP) is 0.689. The first kappa shape index (κ1) is 15.9. The third-order valence-electron chi connectivity index (χ3n) is 3.27. The molecule has 1 aromatic heterocycles. The Morgan fingerprint density at radius 2 is 1.95 bits per heavy atom. The van der Waals surface area contributed by atoms with Crippen LogP contribution in [0.2, 0.25) is 0 Å². The van der Waals surface area contributed by atoms with Gasteiger partial charge in [-0.3, -0.25) is 4.79 Å². The lowest BCUT2D eigenvalue weighted by atomic mass is 10.4. The average Bonchev–Trinajstić information content (AvgIpc) is 3.10. The van der Waals surface area contributed by atoms with Gasteiger partial charge in [-0.05, 0) is 25.0 Å². The maximum absolute atomic E-state index is 12.3. The third-order valence-corrected chi connectivity index (χ3v) is 6.62. The van der Waals surface area contributed by atoms with Crippen LogP contribution in [0, 0.1) is 0 Å². The van der Waals surface area contributed by atoms with Crippen molar-refractivity contribution in [1.29, 1.82) is 0 Å². The first-order valence-electron chi connectivity index (χ1n) is 6.39. The average molecular weight is 332 g/mol. The van der Waals surface area contributed by atoms with Crippen LogP contribution < -0.4 is 0 Å². The first-order valence-corrected chi connectivity index (χ1v) is 8.65. The predicted molar refractivity (Wildman–Crippen MR) is 76.9 cm³/mol. The number of sulfonamides is 1. The fourth-order valence-electron chi connectivity index (χ4n) is 2.07. The van der Waals surface area contributed by atoms with Crippen molar-refractivity contribution in [3.05, 3.63) is 17.0 Å². The van der Waals surface area contributed by atoms with E-state index in [1.165, 1.54) is 19.2 Å². The Hall–Kier alpha value is -1.45. The zero-order chi connectivity index (χ0) is 15.6. The van der Waals surface area contributed by atoms with E-state index in [1.807, 2.05) is 0 Å². The summed E-state index contributed by atoms with van der Waals surface area (Å²) in [5.74, 6) is -1.40. The van der Waals surface area contributed by atoms with Crippen LogP contribution in [0.15, 0.2) is 16.3 Å². The molecule has 0 spiro atoms. The molecule has 7 nitrogen and oxygen atoms in total. The van der Waals surface area contributed by atoms with Gasteiger partial charge in [0, 0.05) is 20.1 Å². The van der Waals surface area contributed by atoms with E-state index < -0.39 is 16.0 Å². The highest BCUT2D eigenvalue weighted by Crippen LogP contribution is 2.24. The number of carbonyl (C=O) groups is 2. The minimum absolute atomic E-state index is 0.0483. The largest absolute Gasteiger partial charge is 0.477 e. The molecule has 0 radical (unpaired) electrons. The Morgan fingerprint density at radius 1 is 1.33 bits per heavy atom. The van der Waals surface area contributed by atoms with Gasteiger partial charge >= 0.3 is 5.97 Å². The maximum Gasteiger partial charge on any atom is 0.345 e. The van der Waals surface area contributed by atoms with Crippen LogP contribution in [-0.4, -0.2) is 61.3 Å². The minimum Gasteiger partial charge on any atom is -0.477 e. The first-order chi connectivity index (χ1) is 9.82. The second-order valence-electron chi connectivity index (χ2n) is 4.77. The van der Waals surface area contributed by atoms with Crippen molar-refractivity contribution in [2.24, 2.45) is 0 Å². The maximum atomic E-state index is 12.3. The number of carboxylic acids is 1. The summed E-state index contributed by atoms with van der Waals surface area (Å²) in [6.45, 7) is 1.09. The fraction of sp³-hybridized carbons (Fsp3) is 0.500. The van der Waals surface area contributed by atoms with E-state index in [4.69, 9.17) is 5.11 Å². The van der Waals surface area contributed by atoms with Crippen LogP contribution in [0.1, 0.15) is 22.5 Å². The van der Waals surface area contributed by atoms with Crippen molar-refractivity contribution < 1.29 is 23.1 Å². The van der Waals surface area contributed by atoms with E-state index in [0.717, 1.165) is 17.1 Å². The van der Waals surface area contributed by atoms with Crippen molar-refractivity contribution in [3.8, 4) is 0 Å². The number of nitrogens with zero attached hydrogens (tertiary/aromatic N) is 2. The zero-order valence-electron chi connectivity index (χ0n) is 11.5. The smallest absolute Gasteiger partial charge is 0.345 e. The lowest BCUT2D eigenvalue weighted by Crippen LogP contribution is -2.39. The van der Waals surface area contributed by atoms with Gasteiger partial charge in [-0.2, -0.15) is 4.31 Å². The molecule has 2 rings (SSSR count). The Morgan fingerprint density at radius 3 is 2.48 bits per heavy atom. The van der Waals surface area contributed by atoms with Gasteiger partial charge in [-0.15, -0.1) is 11.3 Å². The minimum atomic E-state index is -3.84. The zero-order valence-corrected chi connectivity index (χ0v) is 13.1. The summed E-state index contributed by atoms with van der Waals surface area (Å²) in [7, 11) is -2.51. The van der Waals surface area contributed by atoms with Crippen LogP contribution in [0.25, 0.3) is 0 Å². The molecule has 1 aromatic rings. The Labute approximate surface area is 126 Å². The highest BCUT2D eigenvalue weighted by molar-refractivity contribution is 7.91. The molecule has 0 unspecified atom stereocenters. The summed E-state index contributed by atoms with van der Waals surface area (Å²) in [6.07, 6.45) is 1.88. The number of hydrogen-bond donors (Lipinski definition) is 1. The van der Waals surface area contributed by atoms with Crippen LogP contribution in [0.3, 0.4) is 0 Å². The lowest BCUT2D eigenvalue weighted by molar-refractivity contribution is -0.130. The quantitative estimate of drug-likeness (QED) is 0.856. The molecule has 1 aliphatic heterocycles. The van der Waals surface area contributed by atoms with Crippen LogP contribution in [0.4, 0.5) is 0 Å². The molecule has 9 heteroatoms. The highest BCUT2D eigenvalue weighted by atomic mass is 32.2. The van der Waals surface area contributed by atoms with E-state index in [2.05, 4.69) is 0 Å². The molecule has 116 valence electrons. The molecule has 1 N–H and O–H groups in total. The molecule has 0 atom stereocenters. The second-order valence-corrected chi connectivity index (χ2v) is 8.13. The monoisotopic (exact) mass is 332 g/mol. The molecule has 21 heavy (non-hydrogen) atoms. The molecule has 0 bridgehead atoms. The van der Waals surface area contributed by atoms with Crippen LogP contribution >= 0.6 is 11.3 Å². The van der Waals surface area contributed by atoms with Gasteiger partial charge in [0.15, 0.2) is 0 Å². The summed E-state index contributed by atoms with van der Waals surface area (Å²) in [4.78, 5) is 24.4. The lowest BCUT2D eigenvalue weighted by Gasteiger charge is -2.20. The van der Waals surface area contributed by atoms with E-state index in [0.29, 0.717) is 24.4 Å². The number of thiophene rings is 1. The number of likely N-dealkylation sites (N-methyl/N-ethyl adjacent to an activating group) is 1. The number of likely N-dealkylation sites (tertiary alicyclic amines) is 1. The van der Waals surface area contributed by atoms with E-state index in [1.54, 1.807) is 4.90 Å². The summed E-state index contributed by atoms with van der Waals surface area (Å²) < 4.78 is 25.5. The van der Waals surface area contributed by atoms with Crippen molar-refractivity contribution in [3.63, 3.8) is 0 Å². The molecular formula is C12H16N2O5S2. The SMILES string of the molecule is CN(CC(=O)N1CCCC1)S(=O)(=O)c1ccc(C(=O)O)s1. The number of carbonyl (C=O) groups excluding carboxylic acids is 1. The van der Waals surface area contributed by atoms with Crippen molar-refractivity contribution >= 4 is 33.2 Å². The molecule has 0 aromatic carbocycles. The molecular weight excluding hydrogens is 316 g/mol. The van der Waals surface area contributed by atoms with E-state index >= 15 is 0 Å². The van der Waals surface area contributed by atoms with Gasteiger partial charge < -0.3 is 10.0 Å². The topological polar surface area (TPSA) is 95.0 Å². The summed E-state index contributed by atoms with van der Waals surface area (Å²) in [5, 5.41) is 8.83. The molecule has 1 amide bonds. The van der Waals surface area contributed by atoms with Gasteiger partial charge in [-0.25, -0.2) is 13.2 Å². The fourth-order valence-corrected chi connectivity index (χ4v) is 4.55. The second kappa shape index (κ2) is 6.12. The molecule has 1 fully saturated rings. The number of amides is 1. The highest BCUT2D eigenvalue weighted by Gasteiger charge is 2.28. The third kappa shape index (κ3) is 3.42. The number of rotatable bonds is 5. The summed E-state index contributed by atoms with van der Waals surface area (Å²) >= 11 is 0.682. The molecule has 1 saturated heterocycles. The van der Waals surface area contributed by atoms with Crippen molar-refractivity contribution in [1.82, 2.24) is 9.21 Å². The summed E-state index contributed by atoms with van der Waals surface area (Å²) in [5.41, 5.74) is 0. The molecule has 0 saturated carbocycles. The molecule has 2 heterocycles. The van der Waals surface area contributed by atoms with Gasteiger partial charge in [0.25, 0.3) is 10.0 Å². The van der Waals surface area contributed by atoms with Crippen molar-refractivity contribution in [2.45, 2.75) is 17.1 Å². The van der Waals surface area contributed by atoms with Gasteiger partial charge in [0.05, 0.1) is 6.54 Å². The molecule has 1 aliphatic rings. The number of hydrogen-bond acceptors (Lipinski definition) is 5.